The molecule has 0 saturated heterocycles. The van der Waals surface area contributed by atoms with Crippen molar-refractivity contribution in [1.29, 1.82) is 0 Å². The Balaban J connectivity index is 0. The molecule has 14 heavy (non-hydrogen) atoms. The SMILES string of the molecule is O=C(O)C(O)C(O)C(O)C(O)CO.[BiH3]. The van der Waals surface area contributed by atoms with Crippen LogP contribution in [-0.2, 0) is 4.79 Å². The Labute approximate surface area is 98.7 Å². The van der Waals surface area contributed by atoms with E-state index in [1.54, 1.807) is 0 Å². The van der Waals surface area contributed by atoms with E-state index in [4.69, 9.17) is 30.6 Å². The first-order valence-corrected chi connectivity index (χ1v) is 3.47. The third-order valence-electron chi connectivity index (χ3n) is 1.51. The van der Waals surface area contributed by atoms with Gasteiger partial charge in [0.2, 0.25) is 0 Å². The van der Waals surface area contributed by atoms with Gasteiger partial charge in [0, 0.05) is 0 Å². The summed E-state index contributed by atoms with van der Waals surface area (Å²) in [6.45, 7) is -0.843. The molecular weight excluding hydrogens is 393 g/mol. The van der Waals surface area contributed by atoms with Gasteiger partial charge in [0.05, 0.1) is 6.61 Å². The molecule has 86 valence electrons. The quantitative estimate of drug-likeness (QED) is 0.252. The molecule has 0 aliphatic rings. The number of aliphatic carboxylic acids is 1. The molecule has 0 aromatic carbocycles. The first-order chi connectivity index (χ1) is 5.91. The standard InChI is InChI=1S/C6H12O7.Bi.3H/c7-1-2(8)3(9)4(10)5(11)6(12)13;;;;/h2-5,7-11H,1H2,(H,12,13);;;;. The number of carboxylic acid groups (broad SMARTS) is 1. The van der Waals surface area contributed by atoms with E-state index in [0.717, 1.165) is 0 Å². The summed E-state index contributed by atoms with van der Waals surface area (Å²) in [5.74, 6) is -1.73. The molecule has 0 rings (SSSR count). The summed E-state index contributed by atoms with van der Waals surface area (Å²) in [5.41, 5.74) is 0. The fourth-order valence-electron chi connectivity index (χ4n) is 0.668. The van der Waals surface area contributed by atoms with Crippen LogP contribution in [0.3, 0.4) is 0 Å². The van der Waals surface area contributed by atoms with Gasteiger partial charge in [-0.1, -0.05) is 0 Å². The zero-order chi connectivity index (χ0) is 10.6. The van der Waals surface area contributed by atoms with Crippen LogP contribution in [0.15, 0.2) is 0 Å². The molecule has 6 N–H and O–H groups in total. The molecule has 8 heteroatoms. The fraction of sp³-hybridized carbons (Fsp3) is 0.833. The van der Waals surface area contributed by atoms with E-state index in [2.05, 4.69) is 0 Å². The first-order valence-electron chi connectivity index (χ1n) is 3.47. The van der Waals surface area contributed by atoms with Crippen molar-refractivity contribution in [2.45, 2.75) is 24.4 Å². The molecule has 0 saturated carbocycles. The summed E-state index contributed by atoms with van der Waals surface area (Å²) < 4.78 is 0. The molecular formula is C6H15BiO7. The van der Waals surface area contributed by atoms with Crippen molar-refractivity contribution in [2.24, 2.45) is 0 Å². The molecule has 0 aromatic rings. The zero-order valence-electron chi connectivity index (χ0n) is 7.32. The molecule has 0 heterocycles. The van der Waals surface area contributed by atoms with Crippen molar-refractivity contribution in [3.8, 4) is 0 Å². The van der Waals surface area contributed by atoms with Gasteiger partial charge in [-0.2, -0.15) is 0 Å². The van der Waals surface area contributed by atoms with E-state index in [0.29, 0.717) is 0 Å². The van der Waals surface area contributed by atoms with Crippen LogP contribution >= 0.6 is 0 Å². The molecule has 4 unspecified atom stereocenters. The van der Waals surface area contributed by atoms with Gasteiger partial charge in [0.1, 0.15) is 18.3 Å². The Morgan fingerprint density at radius 1 is 1.07 bits per heavy atom. The molecule has 7 nitrogen and oxygen atoms in total. The average Bonchev–Trinajstić information content (AvgIpc) is 2.12. The van der Waals surface area contributed by atoms with Gasteiger partial charge in [0.15, 0.2) is 6.10 Å². The van der Waals surface area contributed by atoms with E-state index in [1.165, 1.54) is 0 Å². The number of carbonyl (C=O) groups is 1. The van der Waals surface area contributed by atoms with E-state index >= 15 is 0 Å². The maximum atomic E-state index is 10.1. The van der Waals surface area contributed by atoms with E-state index < -0.39 is 37.0 Å². The molecule has 0 spiro atoms. The average molecular weight is 408 g/mol. The minimum atomic E-state index is -2.20. The predicted molar refractivity (Wildman–Crippen MR) is 48.7 cm³/mol. The monoisotopic (exact) mass is 408 g/mol. The van der Waals surface area contributed by atoms with Gasteiger partial charge in [-0.3, -0.25) is 0 Å². The van der Waals surface area contributed by atoms with E-state index in [-0.39, 0.29) is 26.2 Å². The Bertz CT molecular complexity index is 176. The van der Waals surface area contributed by atoms with Gasteiger partial charge in [-0.15, -0.1) is 0 Å². The second-order valence-electron chi connectivity index (χ2n) is 2.51. The number of carboxylic acids is 1. The van der Waals surface area contributed by atoms with Crippen molar-refractivity contribution in [3.05, 3.63) is 0 Å². The van der Waals surface area contributed by atoms with Gasteiger partial charge < -0.3 is 30.6 Å². The third kappa shape index (κ3) is 4.59. The van der Waals surface area contributed by atoms with Crippen LogP contribution in [-0.4, -0.2) is 93.8 Å². The zero-order valence-corrected chi connectivity index (χ0v) is 12.8. The van der Waals surface area contributed by atoms with Gasteiger partial charge in [-0.25, -0.2) is 4.79 Å². The Morgan fingerprint density at radius 3 is 1.79 bits per heavy atom. The topological polar surface area (TPSA) is 138 Å². The number of rotatable bonds is 5. The van der Waals surface area contributed by atoms with Crippen molar-refractivity contribution in [2.75, 3.05) is 6.61 Å². The minimum absolute atomic E-state index is 0. The predicted octanol–water partition coefficient (Wildman–Crippen LogP) is -4.68. The van der Waals surface area contributed by atoms with Crippen molar-refractivity contribution in [3.63, 3.8) is 0 Å². The molecule has 4 atom stereocenters. The number of aliphatic hydroxyl groups is 5. The van der Waals surface area contributed by atoms with Crippen LogP contribution in [0.1, 0.15) is 0 Å². The van der Waals surface area contributed by atoms with Crippen LogP contribution in [0.4, 0.5) is 0 Å². The molecule has 0 radical (unpaired) electrons. The number of hydrogen-bond acceptors (Lipinski definition) is 6. The Kier molecular flexibility index (Phi) is 8.82. The van der Waals surface area contributed by atoms with Gasteiger partial charge >= 0.3 is 32.2 Å². The number of hydrogen-bond donors (Lipinski definition) is 6. The number of aliphatic hydroxyl groups excluding tert-OH is 5. The van der Waals surface area contributed by atoms with Crippen molar-refractivity contribution in [1.82, 2.24) is 0 Å². The molecule has 0 aliphatic heterocycles. The Morgan fingerprint density at radius 2 is 1.50 bits per heavy atom. The molecule has 0 aromatic heterocycles. The summed E-state index contributed by atoms with van der Waals surface area (Å²) in [4.78, 5) is 10.1. The van der Waals surface area contributed by atoms with Crippen molar-refractivity contribution >= 4 is 32.2 Å². The van der Waals surface area contributed by atoms with Crippen LogP contribution in [0.5, 0.6) is 0 Å². The van der Waals surface area contributed by atoms with Crippen LogP contribution < -0.4 is 0 Å². The Hall–Kier alpha value is 0.153. The maximum absolute atomic E-state index is 10.1. The summed E-state index contributed by atoms with van der Waals surface area (Å²) in [6.07, 6.45) is -7.84. The summed E-state index contributed by atoms with van der Waals surface area (Å²) in [6, 6.07) is 0. The summed E-state index contributed by atoms with van der Waals surface area (Å²) in [5, 5.41) is 51.8. The van der Waals surface area contributed by atoms with E-state index in [9.17, 15) is 4.79 Å². The third-order valence-corrected chi connectivity index (χ3v) is 1.51. The normalized spacial score (nSPS) is 18.9. The van der Waals surface area contributed by atoms with E-state index in [1.807, 2.05) is 0 Å². The fourth-order valence-corrected chi connectivity index (χ4v) is 0.668. The van der Waals surface area contributed by atoms with Crippen LogP contribution in [0, 0.1) is 0 Å². The summed E-state index contributed by atoms with van der Waals surface area (Å²) >= 11 is 0. The van der Waals surface area contributed by atoms with Crippen LogP contribution in [0.2, 0.25) is 0 Å². The molecule has 0 amide bonds. The second-order valence-corrected chi connectivity index (χ2v) is 2.51. The molecule has 0 aliphatic carbocycles. The van der Waals surface area contributed by atoms with Gasteiger partial charge in [-0.05, 0) is 0 Å². The van der Waals surface area contributed by atoms with Crippen LogP contribution in [0.25, 0.3) is 0 Å². The van der Waals surface area contributed by atoms with Crippen molar-refractivity contribution < 1.29 is 35.4 Å². The molecule has 0 fully saturated rings. The first kappa shape index (κ1) is 16.6. The second kappa shape index (κ2) is 7.45. The van der Waals surface area contributed by atoms with Gasteiger partial charge in [0.25, 0.3) is 0 Å². The summed E-state index contributed by atoms with van der Waals surface area (Å²) in [7, 11) is 0. The molecule has 0 bridgehead atoms.